The molecule has 158 valence electrons. The zero-order valence-electron chi connectivity index (χ0n) is 17.0. The summed E-state index contributed by atoms with van der Waals surface area (Å²) in [4.78, 5) is 18.4. The van der Waals surface area contributed by atoms with Crippen molar-refractivity contribution in [3.8, 4) is 22.8 Å². The molecule has 0 bridgehead atoms. The molecule has 31 heavy (non-hydrogen) atoms. The Labute approximate surface area is 193 Å². The maximum atomic E-state index is 13.5. The Morgan fingerprint density at radius 3 is 2.42 bits per heavy atom. The molecule has 4 aromatic rings. The van der Waals surface area contributed by atoms with Gasteiger partial charge in [-0.25, -0.2) is 4.98 Å². The highest BCUT2D eigenvalue weighted by Gasteiger charge is 2.18. The SMILES string of the molecule is Cc1cc(-c2nc3c(Cl)cccc3c(=O)n2-c2ccc(Br)cc2)cc(C)c1OCCO. The van der Waals surface area contributed by atoms with E-state index >= 15 is 0 Å². The van der Waals surface area contributed by atoms with Crippen LogP contribution in [0.25, 0.3) is 28.0 Å². The summed E-state index contributed by atoms with van der Waals surface area (Å²) in [6, 6.07) is 16.6. The van der Waals surface area contributed by atoms with Gasteiger partial charge in [0.25, 0.3) is 5.56 Å². The van der Waals surface area contributed by atoms with Gasteiger partial charge < -0.3 is 9.84 Å². The van der Waals surface area contributed by atoms with E-state index in [1.54, 1.807) is 22.8 Å². The molecule has 3 aromatic carbocycles. The molecule has 1 aromatic heterocycles. The predicted octanol–water partition coefficient (Wildman–Crippen LogP) is 5.46. The Morgan fingerprint density at radius 1 is 1.10 bits per heavy atom. The van der Waals surface area contributed by atoms with Crippen LogP contribution in [0.4, 0.5) is 0 Å². The molecule has 1 heterocycles. The quantitative estimate of drug-likeness (QED) is 0.396. The Bertz CT molecular complexity index is 1310. The van der Waals surface area contributed by atoms with Gasteiger partial charge in [0.1, 0.15) is 18.2 Å². The minimum Gasteiger partial charge on any atom is -0.491 e. The summed E-state index contributed by atoms with van der Waals surface area (Å²) in [5, 5.41) is 9.97. The fraction of sp³-hybridized carbons (Fsp3) is 0.167. The van der Waals surface area contributed by atoms with Crippen LogP contribution in [0.15, 0.2) is 63.9 Å². The topological polar surface area (TPSA) is 64.4 Å². The zero-order chi connectivity index (χ0) is 22.1. The van der Waals surface area contributed by atoms with Crippen molar-refractivity contribution in [3.63, 3.8) is 0 Å². The number of para-hydroxylation sites is 1. The molecule has 0 radical (unpaired) electrons. The largest absolute Gasteiger partial charge is 0.491 e. The highest BCUT2D eigenvalue weighted by atomic mass is 79.9. The van der Waals surface area contributed by atoms with E-state index in [4.69, 9.17) is 26.4 Å². The molecular weight excluding hydrogens is 480 g/mol. The fourth-order valence-corrected chi connectivity index (χ4v) is 4.13. The number of halogens is 2. The first kappa shape index (κ1) is 21.6. The van der Waals surface area contributed by atoms with Gasteiger partial charge in [-0.3, -0.25) is 9.36 Å². The van der Waals surface area contributed by atoms with Gasteiger partial charge in [-0.05, 0) is 73.5 Å². The number of aryl methyl sites for hydroxylation is 2. The molecule has 0 unspecified atom stereocenters. The first-order valence-corrected chi connectivity index (χ1v) is 10.9. The van der Waals surface area contributed by atoms with Crippen LogP contribution in [0.3, 0.4) is 0 Å². The number of aliphatic hydroxyl groups excluding tert-OH is 1. The summed E-state index contributed by atoms with van der Waals surface area (Å²) in [6.45, 7) is 4.02. The predicted molar refractivity (Wildman–Crippen MR) is 128 cm³/mol. The van der Waals surface area contributed by atoms with E-state index in [0.29, 0.717) is 33.2 Å². The molecule has 0 aliphatic carbocycles. The number of rotatable bonds is 5. The molecule has 0 saturated heterocycles. The number of benzene rings is 3. The summed E-state index contributed by atoms with van der Waals surface area (Å²) in [7, 11) is 0. The normalized spacial score (nSPS) is 11.1. The Kier molecular flexibility index (Phi) is 6.14. The first-order valence-electron chi connectivity index (χ1n) is 9.73. The lowest BCUT2D eigenvalue weighted by Crippen LogP contribution is -2.22. The van der Waals surface area contributed by atoms with Gasteiger partial charge in [0.2, 0.25) is 0 Å². The molecule has 0 amide bonds. The smallest absolute Gasteiger partial charge is 0.266 e. The van der Waals surface area contributed by atoms with Gasteiger partial charge in [-0.1, -0.05) is 33.6 Å². The molecule has 7 heteroatoms. The van der Waals surface area contributed by atoms with Crippen molar-refractivity contribution in [2.24, 2.45) is 0 Å². The van der Waals surface area contributed by atoms with Gasteiger partial charge in [-0.2, -0.15) is 0 Å². The number of ether oxygens (including phenoxy) is 1. The van der Waals surface area contributed by atoms with Crippen LogP contribution in [0.1, 0.15) is 11.1 Å². The van der Waals surface area contributed by atoms with E-state index in [1.807, 2.05) is 50.2 Å². The van der Waals surface area contributed by atoms with Crippen molar-refractivity contribution in [1.29, 1.82) is 0 Å². The number of hydrogen-bond acceptors (Lipinski definition) is 4. The van der Waals surface area contributed by atoms with Gasteiger partial charge in [0, 0.05) is 10.0 Å². The van der Waals surface area contributed by atoms with Crippen molar-refractivity contribution in [1.82, 2.24) is 9.55 Å². The minimum absolute atomic E-state index is 0.0610. The molecule has 0 spiro atoms. The van der Waals surface area contributed by atoms with Crippen LogP contribution < -0.4 is 10.3 Å². The first-order chi connectivity index (χ1) is 14.9. The summed E-state index contributed by atoms with van der Waals surface area (Å²) in [5.41, 5.74) is 3.52. The van der Waals surface area contributed by atoms with Crippen molar-refractivity contribution < 1.29 is 9.84 Å². The lowest BCUT2D eigenvalue weighted by Gasteiger charge is -2.17. The van der Waals surface area contributed by atoms with Crippen molar-refractivity contribution >= 4 is 38.4 Å². The molecule has 0 aliphatic heterocycles. The molecule has 0 saturated carbocycles. The molecule has 1 N–H and O–H groups in total. The number of aliphatic hydroxyl groups is 1. The van der Waals surface area contributed by atoms with E-state index in [0.717, 1.165) is 21.2 Å². The molecule has 0 fully saturated rings. The standard InChI is InChI=1S/C24H20BrClN2O3/c1-14-12-16(13-15(2)22(14)31-11-10-29)23-27-21-19(4-3-5-20(21)26)24(30)28(23)18-8-6-17(25)7-9-18/h3-9,12-13,29H,10-11H2,1-2H3. The fourth-order valence-electron chi connectivity index (χ4n) is 3.65. The molecule has 0 aliphatic rings. The number of fused-ring (bicyclic) bond motifs is 1. The summed E-state index contributed by atoms with van der Waals surface area (Å²) < 4.78 is 8.20. The summed E-state index contributed by atoms with van der Waals surface area (Å²) >= 11 is 9.84. The average Bonchev–Trinajstić information content (AvgIpc) is 2.74. The average molecular weight is 500 g/mol. The highest BCUT2D eigenvalue weighted by molar-refractivity contribution is 9.10. The van der Waals surface area contributed by atoms with Crippen LogP contribution >= 0.6 is 27.5 Å². The van der Waals surface area contributed by atoms with Gasteiger partial charge in [0.05, 0.1) is 28.2 Å². The lowest BCUT2D eigenvalue weighted by atomic mass is 10.0. The third-order valence-corrected chi connectivity index (χ3v) is 5.82. The molecule has 4 rings (SSSR count). The second-order valence-electron chi connectivity index (χ2n) is 7.20. The van der Waals surface area contributed by atoms with Crippen LogP contribution in [0.2, 0.25) is 5.02 Å². The van der Waals surface area contributed by atoms with Crippen LogP contribution in [-0.2, 0) is 0 Å². The lowest BCUT2D eigenvalue weighted by molar-refractivity contribution is 0.200. The highest BCUT2D eigenvalue weighted by Crippen LogP contribution is 2.32. The third kappa shape index (κ3) is 4.11. The van der Waals surface area contributed by atoms with E-state index in [1.165, 1.54) is 0 Å². The van der Waals surface area contributed by atoms with Crippen molar-refractivity contribution in [2.75, 3.05) is 13.2 Å². The summed E-state index contributed by atoms with van der Waals surface area (Å²) in [5.74, 6) is 1.21. The van der Waals surface area contributed by atoms with Gasteiger partial charge in [-0.15, -0.1) is 0 Å². The van der Waals surface area contributed by atoms with E-state index in [9.17, 15) is 4.79 Å². The van der Waals surface area contributed by atoms with Crippen molar-refractivity contribution in [2.45, 2.75) is 13.8 Å². The second kappa shape index (κ2) is 8.83. The Morgan fingerprint density at radius 2 is 1.77 bits per heavy atom. The number of nitrogens with zero attached hydrogens (tertiary/aromatic N) is 2. The molecule has 0 atom stereocenters. The number of aromatic nitrogens is 2. The molecule has 5 nitrogen and oxygen atoms in total. The zero-order valence-corrected chi connectivity index (χ0v) is 19.4. The van der Waals surface area contributed by atoms with E-state index < -0.39 is 0 Å². The van der Waals surface area contributed by atoms with Crippen LogP contribution in [0, 0.1) is 13.8 Å². The maximum absolute atomic E-state index is 13.5. The maximum Gasteiger partial charge on any atom is 0.266 e. The Hall–Kier alpha value is -2.67. The second-order valence-corrected chi connectivity index (χ2v) is 8.52. The van der Waals surface area contributed by atoms with Gasteiger partial charge >= 0.3 is 0 Å². The summed E-state index contributed by atoms with van der Waals surface area (Å²) in [6.07, 6.45) is 0. The monoisotopic (exact) mass is 498 g/mol. The van der Waals surface area contributed by atoms with Gasteiger partial charge in [0.15, 0.2) is 0 Å². The molecular formula is C24H20BrClN2O3. The third-order valence-electron chi connectivity index (χ3n) is 4.99. The van der Waals surface area contributed by atoms with E-state index in [2.05, 4.69) is 15.9 Å². The Balaban J connectivity index is 2.03. The number of hydrogen-bond donors (Lipinski definition) is 1. The van der Waals surface area contributed by atoms with Crippen molar-refractivity contribution in [3.05, 3.63) is 85.6 Å². The minimum atomic E-state index is -0.194. The van der Waals surface area contributed by atoms with Crippen LogP contribution in [-0.4, -0.2) is 27.9 Å². The van der Waals surface area contributed by atoms with E-state index in [-0.39, 0.29) is 18.8 Å². The van der Waals surface area contributed by atoms with Crippen LogP contribution in [0.5, 0.6) is 5.75 Å².